The third kappa shape index (κ3) is 3.72. The first kappa shape index (κ1) is 15.3. The number of rotatable bonds is 4. The lowest BCUT2D eigenvalue weighted by atomic mass is 9.92. The second-order valence-corrected chi connectivity index (χ2v) is 5.48. The number of hydrogen-bond donors (Lipinski definition) is 0. The number of aryl methyl sites for hydroxylation is 2. The van der Waals surface area contributed by atoms with Gasteiger partial charge >= 0.3 is 0 Å². The van der Waals surface area contributed by atoms with E-state index in [4.69, 9.17) is 0 Å². The van der Waals surface area contributed by atoms with Crippen molar-refractivity contribution in [1.82, 2.24) is 0 Å². The van der Waals surface area contributed by atoms with E-state index in [-0.39, 0.29) is 0 Å². The highest BCUT2D eigenvalue weighted by atomic mass is 14.1. The molecule has 0 unspecified atom stereocenters. The molecular formula is C21H24. The molecule has 21 heavy (non-hydrogen) atoms. The fraction of sp³-hybridized carbons (Fsp3) is 0.238. The van der Waals surface area contributed by atoms with Gasteiger partial charge in [-0.15, -0.1) is 0 Å². The zero-order valence-corrected chi connectivity index (χ0v) is 13.5. The van der Waals surface area contributed by atoms with Gasteiger partial charge in [0, 0.05) is 0 Å². The minimum atomic E-state index is 1.02. The minimum absolute atomic E-state index is 1.02. The van der Waals surface area contributed by atoms with Crippen LogP contribution in [-0.4, -0.2) is 0 Å². The molecule has 0 aliphatic carbocycles. The molecule has 0 saturated carbocycles. The van der Waals surface area contributed by atoms with Crippen LogP contribution in [0.1, 0.15) is 42.5 Å². The molecule has 0 nitrogen and oxygen atoms in total. The second-order valence-electron chi connectivity index (χ2n) is 5.48. The second kappa shape index (κ2) is 7.08. The van der Waals surface area contributed by atoms with Crippen molar-refractivity contribution in [2.24, 2.45) is 0 Å². The van der Waals surface area contributed by atoms with Gasteiger partial charge in [-0.2, -0.15) is 0 Å². The SMILES string of the molecule is C/C=C\C(=C(/CC)c1ccc(C)cc1)c1ccc(C)cc1. The van der Waals surface area contributed by atoms with E-state index in [1.165, 1.54) is 33.4 Å². The Morgan fingerprint density at radius 2 is 1.29 bits per heavy atom. The fourth-order valence-corrected chi connectivity index (χ4v) is 2.58. The molecule has 0 fully saturated rings. The summed E-state index contributed by atoms with van der Waals surface area (Å²) >= 11 is 0. The predicted octanol–water partition coefficient (Wildman–Crippen LogP) is 6.20. The van der Waals surface area contributed by atoms with Gasteiger partial charge < -0.3 is 0 Å². The van der Waals surface area contributed by atoms with E-state index in [0.717, 1.165) is 6.42 Å². The lowest BCUT2D eigenvalue weighted by Gasteiger charge is -2.13. The Hall–Kier alpha value is -2.08. The van der Waals surface area contributed by atoms with Crippen LogP contribution in [0.15, 0.2) is 60.7 Å². The van der Waals surface area contributed by atoms with Crippen LogP contribution in [0.5, 0.6) is 0 Å². The molecule has 0 radical (unpaired) electrons. The van der Waals surface area contributed by atoms with Crippen molar-refractivity contribution < 1.29 is 0 Å². The van der Waals surface area contributed by atoms with Crippen LogP contribution in [0.4, 0.5) is 0 Å². The quantitative estimate of drug-likeness (QED) is 0.460. The van der Waals surface area contributed by atoms with Crippen molar-refractivity contribution in [2.75, 3.05) is 0 Å². The fourth-order valence-electron chi connectivity index (χ4n) is 2.58. The van der Waals surface area contributed by atoms with Crippen molar-refractivity contribution in [2.45, 2.75) is 34.1 Å². The lowest BCUT2D eigenvalue weighted by molar-refractivity contribution is 1.24. The van der Waals surface area contributed by atoms with Gasteiger partial charge in [-0.1, -0.05) is 78.7 Å². The molecule has 2 rings (SSSR count). The van der Waals surface area contributed by atoms with Gasteiger partial charge in [-0.3, -0.25) is 0 Å². The minimum Gasteiger partial charge on any atom is -0.0870 e. The van der Waals surface area contributed by atoms with Crippen molar-refractivity contribution in [3.63, 3.8) is 0 Å². The molecule has 2 aromatic carbocycles. The van der Waals surface area contributed by atoms with Gasteiger partial charge in [0.2, 0.25) is 0 Å². The molecule has 0 saturated heterocycles. The number of allylic oxidation sites excluding steroid dienone is 4. The first-order valence-electron chi connectivity index (χ1n) is 7.65. The van der Waals surface area contributed by atoms with Crippen molar-refractivity contribution in [3.8, 4) is 0 Å². The normalized spacial score (nSPS) is 12.6. The molecule has 0 N–H and O–H groups in total. The largest absolute Gasteiger partial charge is 0.0870 e. The highest BCUT2D eigenvalue weighted by molar-refractivity contribution is 5.95. The number of benzene rings is 2. The smallest absolute Gasteiger partial charge is 0.0149 e. The summed E-state index contributed by atoms with van der Waals surface area (Å²) in [4.78, 5) is 0. The summed E-state index contributed by atoms with van der Waals surface area (Å²) in [6, 6.07) is 17.6. The molecule has 0 spiro atoms. The van der Waals surface area contributed by atoms with E-state index in [2.05, 4.69) is 88.4 Å². The van der Waals surface area contributed by atoms with Gasteiger partial charge in [0.05, 0.1) is 0 Å². The zero-order chi connectivity index (χ0) is 15.2. The van der Waals surface area contributed by atoms with Crippen LogP contribution in [-0.2, 0) is 0 Å². The third-order valence-electron chi connectivity index (χ3n) is 3.77. The molecule has 0 heterocycles. The van der Waals surface area contributed by atoms with E-state index < -0.39 is 0 Å². The molecular weight excluding hydrogens is 252 g/mol. The van der Waals surface area contributed by atoms with Crippen LogP contribution in [0.25, 0.3) is 11.1 Å². The van der Waals surface area contributed by atoms with Crippen LogP contribution >= 0.6 is 0 Å². The van der Waals surface area contributed by atoms with Crippen LogP contribution < -0.4 is 0 Å². The Balaban J connectivity index is 2.59. The molecule has 0 atom stereocenters. The Bertz CT molecular complexity index is 637. The molecule has 0 heteroatoms. The summed E-state index contributed by atoms with van der Waals surface area (Å²) in [5, 5.41) is 0. The summed E-state index contributed by atoms with van der Waals surface area (Å²) in [6.07, 6.45) is 5.37. The highest BCUT2D eigenvalue weighted by Crippen LogP contribution is 2.30. The van der Waals surface area contributed by atoms with E-state index in [9.17, 15) is 0 Å². The number of hydrogen-bond acceptors (Lipinski definition) is 0. The van der Waals surface area contributed by atoms with E-state index in [1.54, 1.807) is 0 Å². The van der Waals surface area contributed by atoms with E-state index in [0.29, 0.717) is 0 Å². The van der Waals surface area contributed by atoms with E-state index in [1.807, 2.05) is 0 Å². The topological polar surface area (TPSA) is 0 Å². The lowest BCUT2D eigenvalue weighted by Crippen LogP contribution is -1.91. The predicted molar refractivity (Wildman–Crippen MR) is 94.3 cm³/mol. The molecule has 108 valence electrons. The summed E-state index contributed by atoms with van der Waals surface area (Å²) in [7, 11) is 0. The van der Waals surface area contributed by atoms with Gasteiger partial charge in [-0.25, -0.2) is 0 Å². The van der Waals surface area contributed by atoms with Gasteiger partial charge in [0.15, 0.2) is 0 Å². The first-order chi connectivity index (χ1) is 10.2. The molecule has 0 bridgehead atoms. The standard InChI is InChI=1S/C21H24/c1-5-7-21(19-14-10-17(4)11-15-19)20(6-2)18-12-8-16(3)9-13-18/h5,7-15H,6H2,1-4H3/b7-5-,21-20-. The summed E-state index contributed by atoms with van der Waals surface area (Å²) < 4.78 is 0. The Morgan fingerprint density at radius 1 is 0.810 bits per heavy atom. The van der Waals surface area contributed by atoms with Crippen LogP contribution in [0.2, 0.25) is 0 Å². The average Bonchev–Trinajstić information content (AvgIpc) is 2.50. The van der Waals surface area contributed by atoms with Crippen LogP contribution in [0, 0.1) is 13.8 Å². The monoisotopic (exact) mass is 276 g/mol. The molecule has 0 aliphatic rings. The summed E-state index contributed by atoms with van der Waals surface area (Å²) in [5.41, 5.74) is 7.93. The summed E-state index contributed by atoms with van der Waals surface area (Å²) in [5.74, 6) is 0. The van der Waals surface area contributed by atoms with Gasteiger partial charge in [-0.05, 0) is 49.5 Å². The molecule has 0 amide bonds. The van der Waals surface area contributed by atoms with Crippen LogP contribution in [0.3, 0.4) is 0 Å². The maximum absolute atomic E-state index is 2.23. The van der Waals surface area contributed by atoms with E-state index >= 15 is 0 Å². The summed E-state index contributed by atoms with van der Waals surface area (Å²) in [6.45, 7) is 8.57. The van der Waals surface area contributed by atoms with Gasteiger partial charge in [0.1, 0.15) is 0 Å². The molecule has 0 aromatic heterocycles. The van der Waals surface area contributed by atoms with Crippen molar-refractivity contribution in [1.29, 1.82) is 0 Å². The Labute approximate surface area is 128 Å². The molecule has 0 aliphatic heterocycles. The van der Waals surface area contributed by atoms with Crippen molar-refractivity contribution in [3.05, 3.63) is 82.9 Å². The highest BCUT2D eigenvalue weighted by Gasteiger charge is 2.07. The zero-order valence-electron chi connectivity index (χ0n) is 13.5. The van der Waals surface area contributed by atoms with Crippen molar-refractivity contribution >= 4 is 11.1 Å². The van der Waals surface area contributed by atoms with Gasteiger partial charge in [0.25, 0.3) is 0 Å². The average molecular weight is 276 g/mol. The third-order valence-corrected chi connectivity index (χ3v) is 3.77. The maximum Gasteiger partial charge on any atom is -0.0149 e. The first-order valence-corrected chi connectivity index (χ1v) is 7.65. The maximum atomic E-state index is 2.23. The Kier molecular flexibility index (Phi) is 5.16. The Morgan fingerprint density at radius 3 is 1.71 bits per heavy atom. The molecule has 2 aromatic rings.